The maximum Gasteiger partial charge on any atom is 0.0340 e. The van der Waals surface area contributed by atoms with Crippen molar-refractivity contribution in [2.24, 2.45) is 11.7 Å². The summed E-state index contributed by atoms with van der Waals surface area (Å²) in [5, 5.41) is 3.48. The Morgan fingerprint density at radius 1 is 1.16 bits per heavy atom. The first-order valence-electron chi connectivity index (χ1n) is 7.83. The van der Waals surface area contributed by atoms with E-state index in [1.807, 2.05) is 0 Å². The molecule has 1 unspecified atom stereocenters. The number of benzene rings is 1. The summed E-state index contributed by atoms with van der Waals surface area (Å²) in [5.41, 5.74) is 8.39. The lowest BCUT2D eigenvalue weighted by Crippen LogP contribution is -2.14. The van der Waals surface area contributed by atoms with Crippen molar-refractivity contribution in [2.45, 2.75) is 51.4 Å². The standard InChI is InChI=1S/C17H28N2/c1-14(13-18)11-12-19-17-9-7-16(8-10-17)15-5-3-2-4-6-15/h7-10,14-15,19H,2-6,11-13,18H2,1H3. The van der Waals surface area contributed by atoms with E-state index in [2.05, 4.69) is 36.5 Å². The molecule has 1 saturated carbocycles. The molecular weight excluding hydrogens is 232 g/mol. The van der Waals surface area contributed by atoms with E-state index in [4.69, 9.17) is 5.73 Å². The van der Waals surface area contributed by atoms with E-state index in [1.54, 1.807) is 0 Å². The lowest BCUT2D eigenvalue weighted by Gasteiger charge is -2.22. The molecule has 0 aliphatic heterocycles. The highest BCUT2D eigenvalue weighted by atomic mass is 14.9. The maximum atomic E-state index is 5.63. The molecule has 1 atom stereocenters. The zero-order valence-electron chi connectivity index (χ0n) is 12.2. The van der Waals surface area contributed by atoms with Crippen LogP contribution in [-0.2, 0) is 0 Å². The fourth-order valence-electron chi connectivity index (χ4n) is 2.89. The van der Waals surface area contributed by atoms with Crippen LogP contribution >= 0.6 is 0 Å². The third kappa shape index (κ3) is 4.54. The first kappa shape index (κ1) is 14.4. The summed E-state index contributed by atoms with van der Waals surface area (Å²) >= 11 is 0. The van der Waals surface area contributed by atoms with Gasteiger partial charge in [0.2, 0.25) is 0 Å². The number of anilines is 1. The zero-order valence-corrected chi connectivity index (χ0v) is 12.2. The molecule has 1 aliphatic carbocycles. The minimum atomic E-state index is 0.606. The summed E-state index contributed by atoms with van der Waals surface area (Å²) in [6.07, 6.45) is 8.13. The van der Waals surface area contributed by atoms with Gasteiger partial charge >= 0.3 is 0 Å². The molecule has 0 saturated heterocycles. The minimum Gasteiger partial charge on any atom is -0.385 e. The largest absolute Gasteiger partial charge is 0.385 e. The van der Waals surface area contributed by atoms with Crippen molar-refractivity contribution in [1.29, 1.82) is 0 Å². The van der Waals surface area contributed by atoms with Crippen molar-refractivity contribution in [2.75, 3.05) is 18.4 Å². The molecule has 1 fully saturated rings. The van der Waals surface area contributed by atoms with Gasteiger partial charge in [-0.1, -0.05) is 38.3 Å². The molecule has 0 aromatic heterocycles. The zero-order chi connectivity index (χ0) is 13.5. The smallest absolute Gasteiger partial charge is 0.0340 e. The van der Waals surface area contributed by atoms with Crippen LogP contribution in [0.25, 0.3) is 0 Å². The van der Waals surface area contributed by atoms with Crippen LogP contribution in [0.5, 0.6) is 0 Å². The summed E-state index contributed by atoms with van der Waals surface area (Å²) in [6.45, 7) is 4.00. The van der Waals surface area contributed by atoms with Gasteiger partial charge < -0.3 is 11.1 Å². The highest BCUT2D eigenvalue weighted by Gasteiger charge is 2.14. The summed E-state index contributed by atoms with van der Waals surface area (Å²) in [5.74, 6) is 1.41. The van der Waals surface area contributed by atoms with Gasteiger partial charge in [0, 0.05) is 12.2 Å². The maximum absolute atomic E-state index is 5.63. The van der Waals surface area contributed by atoms with Gasteiger partial charge in [0.15, 0.2) is 0 Å². The van der Waals surface area contributed by atoms with Crippen molar-refractivity contribution in [3.63, 3.8) is 0 Å². The van der Waals surface area contributed by atoms with Crippen LogP contribution in [0.2, 0.25) is 0 Å². The van der Waals surface area contributed by atoms with Gasteiger partial charge in [-0.05, 0) is 55.3 Å². The van der Waals surface area contributed by atoms with Gasteiger partial charge in [0.25, 0.3) is 0 Å². The fourth-order valence-corrected chi connectivity index (χ4v) is 2.89. The molecule has 106 valence electrons. The topological polar surface area (TPSA) is 38.0 Å². The van der Waals surface area contributed by atoms with Gasteiger partial charge in [-0.25, -0.2) is 0 Å². The molecule has 0 radical (unpaired) electrons. The number of nitrogens with two attached hydrogens (primary N) is 1. The Kier molecular flexibility index (Phi) is 5.71. The Balaban J connectivity index is 1.80. The Hall–Kier alpha value is -1.02. The molecule has 1 aromatic carbocycles. The summed E-state index contributed by atoms with van der Waals surface area (Å²) in [6, 6.07) is 9.09. The molecule has 2 rings (SSSR count). The first-order chi connectivity index (χ1) is 9.29. The molecular formula is C17H28N2. The Bertz CT molecular complexity index is 352. The minimum absolute atomic E-state index is 0.606. The second-order valence-corrected chi connectivity index (χ2v) is 6.01. The molecule has 1 aliphatic rings. The van der Waals surface area contributed by atoms with E-state index in [0.29, 0.717) is 5.92 Å². The predicted molar refractivity (Wildman–Crippen MR) is 83.6 cm³/mol. The van der Waals surface area contributed by atoms with Gasteiger partial charge in [0.05, 0.1) is 0 Å². The van der Waals surface area contributed by atoms with Crippen molar-refractivity contribution < 1.29 is 0 Å². The Morgan fingerprint density at radius 2 is 1.84 bits per heavy atom. The van der Waals surface area contributed by atoms with Crippen LogP contribution < -0.4 is 11.1 Å². The summed E-state index contributed by atoms with van der Waals surface area (Å²) in [7, 11) is 0. The third-order valence-corrected chi connectivity index (χ3v) is 4.36. The Labute approximate surface area is 117 Å². The van der Waals surface area contributed by atoms with E-state index in [0.717, 1.165) is 25.4 Å². The first-order valence-corrected chi connectivity index (χ1v) is 7.83. The van der Waals surface area contributed by atoms with E-state index in [-0.39, 0.29) is 0 Å². The second kappa shape index (κ2) is 7.54. The molecule has 0 heterocycles. The highest BCUT2D eigenvalue weighted by Crippen LogP contribution is 2.32. The van der Waals surface area contributed by atoms with Crippen LogP contribution in [0.1, 0.15) is 56.9 Å². The van der Waals surface area contributed by atoms with Gasteiger partial charge in [-0.3, -0.25) is 0 Å². The molecule has 0 amide bonds. The number of rotatable bonds is 6. The van der Waals surface area contributed by atoms with Crippen molar-refractivity contribution in [3.8, 4) is 0 Å². The van der Waals surface area contributed by atoms with Crippen LogP contribution in [0, 0.1) is 5.92 Å². The number of hydrogen-bond donors (Lipinski definition) is 2. The molecule has 0 bridgehead atoms. The molecule has 2 nitrogen and oxygen atoms in total. The normalized spacial score (nSPS) is 18.2. The fraction of sp³-hybridized carbons (Fsp3) is 0.647. The van der Waals surface area contributed by atoms with E-state index < -0.39 is 0 Å². The molecule has 3 N–H and O–H groups in total. The van der Waals surface area contributed by atoms with Gasteiger partial charge in [-0.15, -0.1) is 0 Å². The monoisotopic (exact) mass is 260 g/mol. The van der Waals surface area contributed by atoms with Crippen LogP contribution in [0.15, 0.2) is 24.3 Å². The quantitative estimate of drug-likeness (QED) is 0.807. The van der Waals surface area contributed by atoms with Crippen LogP contribution in [0.4, 0.5) is 5.69 Å². The van der Waals surface area contributed by atoms with E-state index in [1.165, 1.54) is 43.4 Å². The van der Waals surface area contributed by atoms with E-state index >= 15 is 0 Å². The number of nitrogens with one attached hydrogen (secondary N) is 1. The van der Waals surface area contributed by atoms with Crippen molar-refractivity contribution in [3.05, 3.63) is 29.8 Å². The molecule has 1 aromatic rings. The summed E-state index contributed by atoms with van der Waals surface area (Å²) < 4.78 is 0. The van der Waals surface area contributed by atoms with Crippen LogP contribution in [-0.4, -0.2) is 13.1 Å². The average Bonchev–Trinajstić information content (AvgIpc) is 2.48. The number of hydrogen-bond acceptors (Lipinski definition) is 2. The molecule has 2 heteroatoms. The molecule has 0 spiro atoms. The van der Waals surface area contributed by atoms with E-state index in [9.17, 15) is 0 Å². The van der Waals surface area contributed by atoms with Crippen molar-refractivity contribution >= 4 is 5.69 Å². The predicted octanol–water partition coefficient (Wildman–Crippen LogP) is 4.13. The highest BCUT2D eigenvalue weighted by molar-refractivity contribution is 5.45. The second-order valence-electron chi connectivity index (χ2n) is 6.01. The third-order valence-electron chi connectivity index (χ3n) is 4.36. The summed E-state index contributed by atoms with van der Waals surface area (Å²) in [4.78, 5) is 0. The van der Waals surface area contributed by atoms with Crippen molar-refractivity contribution in [1.82, 2.24) is 0 Å². The van der Waals surface area contributed by atoms with Gasteiger partial charge in [-0.2, -0.15) is 0 Å². The Morgan fingerprint density at radius 3 is 2.47 bits per heavy atom. The molecule has 19 heavy (non-hydrogen) atoms. The lowest BCUT2D eigenvalue weighted by molar-refractivity contribution is 0.443. The average molecular weight is 260 g/mol. The lowest BCUT2D eigenvalue weighted by atomic mass is 9.84. The van der Waals surface area contributed by atoms with Crippen LogP contribution in [0.3, 0.4) is 0 Å². The van der Waals surface area contributed by atoms with Gasteiger partial charge in [0.1, 0.15) is 0 Å². The SMILES string of the molecule is CC(CN)CCNc1ccc(C2CCCCC2)cc1.